The Morgan fingerprint density at radius 3 is 2.53 bits per heavy atom. The van der Waals surface area contributed by atoms with Crippen molar-refractivity contribution in [3.8, 4) is 0 Å². The quantitative estimate of drug-likeness (QED) is 0.753. The van der Waals surface area contributed by atoms with Crippen LogP contribution in [0.3, 0.4) is 0 Å². The van der Waals surface area contributed by atoms with Gasteiger partial charge in [0.05, 0.1) is 5.02 Å². The number of Topliss-reactive ketones (excluding diaryl/α,β-unsaturated/α-hetero) is 1. The van der Waals surface area contributed by atoms with E-state index < -0.39 is 0 Å². The SMILES string of the molecule is Cc1ccc(C(=O)Cc2ccc(F)cc2C)c(Cl)c1. The van der Waals surface area contributed by atoms with Crippen molar-refractivity contribution in [3.05, 3.63) is 69.5 Å². The molecule has 98 valence electrons. The zero-order valence-electron chi connectivity index (χ0n) is 10.8. The van der Waals surface area contributed by atoms with Crippen LogP contribution >= 0.6 is 11.6 Å². The van der Waals surface area contributed by atoms with Gasteiger partial charge in [-0.3, -0.25) is 4.79 Å². The van der Waals surface area contributed by atoms with E-state index in [9.17, 15) is 9.18 Å². The van der Waals surface area contributed by atoms with E-state index in [2.05, 4.69) is 0 Å². The molecule has 0 saturated heterocycles. The molecule has 0 bridgehead atoms. The number of hydrogen-bond acceptors (Lipinski definition) is 1. The van der Waals surface area contributed by atoms with Gasteiger partial charge in [0, 0.05) is 12.0 Å². The van der Waals surface area contributed by atoms with E-state index >= 15 is 0 Å². The lowest BCUT2D eigenvalue weighted by Crippen LogP contribution is -2.06. The molecule has 0 atom stereocenters. The van der Waals surface area contributed by atoms with Gasteiger partial charge in [0.1, 0.15) is 5.82 Å². The smallest absolute Gasteiger partial charge is 0.168 e. The third kappa shape index (κ3) is 3.21. The monoisotopic (exact) mass is 276 g/mol. The van der Waals surface area contributed by atoms with Crippen LogP contribution in [0.1, 0.15) is 27.0 Å². The van der Waals surface area contributed by atoms with Crippen molar-refractivity contribution in [1.82, 2.24) is 0 Å². The molecule has 0 unspecified atom stereocenters. The molecule has 2 aromatic rings. The largest absolute Gasteiger partial charge is 0.294 e. The van der Waals surface area contributed by atoms with Crippen LogP contribution in [0.25, 0.3) is 0 Å². The molecule has 0 N–H and O–H groups in total. The van der Waals surface area contributed by atoms with Crippen LogP contribution in [0, 0.1) is 19.7 Å². The number of halogens is 2. The third-order valence-electron chi connectivity index (χ3n) is 3.08. The van der Waals surface area contributed by atoms with Crippen molar-refractivity contribution in [2.45, 2.75) is 20.3 Å². The highest BCUT2D eigenvalue weighted by Gasteiger charge is 2.12. The molecule has 3 heteroatoms. The molecule has 0 spiro atoms. The van der Waals surface area contributed by atoms with Gasteiger partial charge in [0.2, 0.25) is 0 Å². The van der Waals surface area contributed by atoms with Gasteiger partial charge in [-0.1, -0.05) is 23.7 Å². The first-order chi connectivity index (χ1) is 8.97. The van der Waals surface area contributed by atoms with Crippen LogP contribution in [-0.4, -0.2) is 5.78 Å². The van der Waals surface area contributed by atoms with Crippen molar-refractivity contribution in [3.63, 3.8) is 0 Å². The second kappa shape index (κ2) is 5.54. The minimum atomic E-state index is -0.290. The normalized spacial score (nSPS) is 10.5. The second-order valence-electron chi connectivity index (χ2n) is 4.65. The lowest BCUT2D eigenvalue weighted by Gasteiger charge is -2.07. The predicted octanol–water partition coefficient (Wildman–Crippen LogP) is 4.52. The predicted molar refractivity (Wildman–Crippen MR) is 75.4 cm³/mol. The molecule has 0 radical (unpaired) electrons. The molecule has 0 aliphatic heterocycles. The minimum Gasteiger partial charge on any atom is -0.294 e. The standard InChI is InChI=1S/C16H14ClFO/c1-10-3-6-14(15(17)7-10)16(19)9-12-4-5-13(18)8-11(12)2/h3-8H,9H2,1-2H3. The number of carbonyl (C=O) groups is 1. The van der Waals surface area contributed by atoms with E-state index in [0.29, 0.717) is 10.6 Å². The Hall–Kier alpha value is -1.67. The maximum atomic E-state index is 13.0. The topological polar surface area (TPSA) is 17.1 Å². The fraction of sp³-hybridized carbons (Fsp3) is 0.188. The van der Waals surface area contributed by atoms with Crippen LogP contribution in [0.2, 0.25) is 5.02 Å². The summed E-state index contributed by atoms with van der Waals surface area (Å²) < 4.78 is 13.0. The van der Waals surface area contributed by atoms with Gasteiger partial charge < -0.3 is 0 Å². The van der Waals surface area contributed by atoms with Gasteiger partial charge in [0.25, 0.3) is 0 Å². The molecular formula is C16H14ClFO. The number of rotatable bonds is 3. The summed E-state index contributed by atoms with van der Waals surface area (Å²) >= 11 is 6.07. The van der Waals surface area contributed by atoms with Crippen molar-refractivity contribution >= 4 is 17.4 Å². The van der Waals surface area contributed by atoms with Crippen LogP contribution in [0.15, 0.2) is 36.4 Å². The number of hydrogen-bond donors (Lipinski definition) is 0. The number of carbonyl (C=O) groups excluding carboxylic acids is 1. The van der Waals surface area contributed by atoms with E-state index in [1.807, 2.05) is 13.0 Å². The first-order valence-electron chi connectivity index (χ1n) is 6.02. The summed E-state index contributed by atoms with van der Waals surface area (Å²) in [4.78, 5) is 12.2. The van der Waals surface area contributed by atoms with Gasteiger partial charge in [0.15, 0.2) is 5.78 Å². The molecule has 2 rings (SSSR count). The molecule has 0 fully saturated rings. The van der Waals surface area contributed by atoms with Crippen molar-refractivity contribution in [2.24, 2.45) is 0 Å². The van der Waals surface area contributed by atoms with Crippen LogP contribution in [0.5, 0.6) is 0 Å². The Labute approximate surface area is 117 Å². The maximum Gasteiger partial charge on any atom is 0.168 e. The Kier molecular flexibility index (Phi) is 4.01. The Morgan fingerprint density at radius 1 is 1.16 bits per heavy atom. The number of ketones is 1. The van der Waals surface area contributed by atoms with E-state index in [-0.39, 0.29) is 18.0 Å². The zero-order chi connectivity index (χ0) is 14.0. The molecule has 2 aromatic carbocycles. The molecule has 1 nitrogen and oxygen atoms in total. The van der Waals surface area contributed by atoms with Crippen LogP contribution in [-0.2, 0) is 6.42 Å². The van der Waals surface area contributed by atoms with Crippen LogP contribution in [0.4, 0.5) is 4.39 Å². The Morgan fingerprint density at radius 2 is 1.89 bits per heavy atom. The number of aryl methyl sites for hydroxylation is 2. The molecule has 0 aliphatic rings. The Balaban J connectivity index is 2.25. The highest BCUT2D eigenvalue weighted by Crippen LogP contribution is 2.20. The first-order valence-corrected chi connectivity index (χ1v) is 6.39. The van der Waals surface area contributed by atoms with Gasteiger partial charge in [-0.25, -0.2) is 4.39 Å². The van der Waals surface area contributed by atoms with Crippen LogP contribution < -0.4 is 0 Å². The van der Waals surface area contributed by atoms with E-state index in [0.717, 1.165) is 16.7 Å². The average molecular weight is 277 g/mol. The molecule has 0 heterocycles. The first kappa shape index (κ1) is 13.8. The lowest BCUT2D eigenvalue weighted by atomic mass is 9.99. The van der Waals surface area contributed by atoms with Gasteiger partial charge >= 0.3 is 0 Å². The average Bonchev–Trinajstić information content (AvgIpc) is 2.32. The molecule has 19 heavy (non-hydrogen) atoms. The van der Waals surface area contributed by atoms with E-state index in [1.54, 1.807) is 25.1 Å². The van der Waals surface area contributed by atoms with E-state index in [4.69, 9.17) is 11.6 Å². The fourth-order valence-electron chi connectivity index (χ4n) is 1.97. The third-order valence-corrected chi connectivity index (χ3v) is 3.39. The molecule has 0 aliphatic carbocycles. The summed E-state index contributed by atoms with van der Waals surface area (Å²) in [6.45, 7) is 3.71. The van der Waals surface area contributed by atoms with Gasteiger partial charge in [-0.2, -0.15) is 0 Å². The Bertz CT molecular complexity index is 635. The minimum absolute atomic E-state index is 0.0558. The molecule has 0 saturated carbocycles. The van der Waals surface area contributed by atoms with Gasteiger partial charge in [-0.15, -0.1) is 0 Å². The summed E-state index contributed by atoms with van der Waals surface area (Å²) in [5, 5.41) is 0.463. The maximum absolute atomic E-state index is 13.0. The van der Waals surface area contributed by atoms with Gasteiger partial charge in [-0.05, 0) is 54.8 Å². The van der Waals surface area contributed by atoms with E-state index in [1.165, 1.54) is 12.1 Å². The summed E-state index contributed by atoms with van der Waals surface area (Å²) in [5.41, 5.74) is 3.12. The fourth-order valence-corrected chi connectivity index (χ4v) is 2.31. The summed E-state index contributed by atoms with van der Waals surface area (Å²) in [6.07, 6.45) is 0.231. The van der Waals surface area contributed by atoms with Crippen molar-refractivity contribution in [2.75, 3.05) is 0 Å². The van der Waals surface area contributed by atoms with Crippen molar-refractivity contribution < 1.29 is 9.18 Å². The second-order valence-corrected chi connectivity index (χ2v) is 5.06. The summed E-state index contributed by atoms with van der Waals surface area (Å²) in [6, 6.07) is 9.80. The molecule has 0 amide bonds. The summed E-state index contributed by atoms with van der Waals surface area (Å²) in [5.74, 6) is -0.346. The lowest BCUT2D eigenvalue weighted by molar-refractivity contribution is 0.0993. The molecular weight excluding hydrogens is 263 g/mol. The number of benzene rings is 2. The zero-order valence-corrected chi connectivity index (χ0v) is 11.6. The van der Waals surface area contributed by atoms with Crippen molar-refractivity contribution in [1.29, 1.82) is 0 Å². The highest BCUT2D eigenvalue weighted by molar-refractivity contribution is 6.34. The highest BCUT2D eigenvalue weighted by atomic mass is 35.5. The summed E-state index contributed by atoms with van der Waals surface area (Å²) in [7, 11) is 0. The molecule has 0 aromatic heterocycles.